The van der Waals surface area contributed by atoms with E-state index in [1.807, 2.05) is 17.9 Å². The lowest BCUT2D eigenvalue weighted by atomic mass is 9.92. The highest BCUT2D eigenvalue weighted by atomic mass is 16.5. The Morgan fingerprint density at radius 3 is 2.70 bits per heavy atom. The van der Waals surface area contributed by atoms with Crippen LogP contribution in [0.25, 0.3) is 0 Å². The molecule has 9 nitrogen and oxygen atoms in total. The van der Waals surface area contributed by atoms with Crippen molar-refractivity contribution < 1.29 is 29.3 Å². The van der Waals surface area contributed by atoms with Gasteiger partial charge in [0.15, 0.2) is 0 Å². The van der Waals surface area contributed by atoms with Gasteiger partial charge in [-0.15, -0.1) is 0 Å². The molecule has 0 saturated carbocycles. The third-order valence-electron chi connectivity index (χ3n) is 7.61. The van der Waals surface area contributed by atoms with Gasteiger partial charge in [-0.3, -0.25) is 9.59 Å². The lowest BCUT2D eigenvalue weighted by molar-refractivity contribution is -0.0566. The smallest absolute Gasteiger partial charge is 0.255 e. The van der Waals surface area contributed by atoms with Crippen molar-refractivity contribution in [2.45, 2.75) is 63.4 Å². The molecule has 2 aromatic carbocycles. The number of aliphatic hydroxyl groups is 1. The number of nitrogens with one attached hydrogen (secondary N) is 2. The first kappa shape index (κ1) is 25.5. The molecule has 3 aliphatic rings. The summed E-state index contributed by atoms with van der Waals surface area (Å²) >= 11 is 0. The minimum Gasteiger partial charge on any atom is -0.508 e. The Hall–Kier alpha value is -3.14. The maximum absolute atomic E-state index is 13.4. The predicted octanol–water partition coefficient (Wildman–Crippen LogP) is 1.99. The van der Waals surface area contributed by atoms with E-state index >= 15 is 0 Å². The zero-order valence-corrected chi connectivity index (χ0v) is 21.1. The standard InChI is InChI=1S/C28H35N3O6/c1-2-37-26-12-18(28(35)31-20-4-3-5-21(31)16-36-15-20)7-9-23(26)27(34)30-14-25(33)24-11-17-6-8-22(32)10-19(17)13-29-24/h6-10,12,20-21,24-25,29,32-33H,2-5,11,13-16H2,1H3,(H,30,34)/t20?,21?,24-,25?/m0/s1. The van der Waals surface area contributed by atoms with Crippen LogP contribution in [0.15, 0.2) is 36.4 Å². The molecule has 4 atom stereocenters. The van der Waals surface area contributed by atoms with Gasteiger partial charge >= 0.3 is 0 Å². The third-order valence-corrected chi connectivity index (χ3v) is 7.61. The Morgan fingerprint density at radius 1 is 1.16 bits per heavy atom. The molecule has 0 aliphatic carbocycles. The summed E-state index contributed by atoms with van der Waals surface area (Å²) in [6, 6.07) is 10.1. The van der Waals surface area contributed by atoms with Crippen molar-refractivity contribution in [1.82, 2.24) is 15.5 Å². The van der Waals surface area contributed by atoms with Crippen molar-refractivity contribution in [3.8, 4) is 11.5 Å². The van der Waals surface area contributed by atoms with Gasteiger partial charge in [0, 0.05) is 24.7 Å². The maximum Gasteiger partial charge on any atom is 0.255 e. The number of morpholine rings is 1. The van der Waals surface area contributed by atoms with Gasteiger partial charge < -0.3 is 35.2 Å². The molecule has 198 valence electrons. The summed E-state index contributed by atoms with van der Waals surface area (Å²) in [7, 11) is 0. The van der Waals surface area contributed by atoms with Crippen LogP contribution in [0.1, 0.15) is 58.0 Å². The van der Waals surface area contributed by atoms with Gasteiger partial charge in [0.2, 0.25) is 0 Å². The van der Waals surface area contributed by atoms with Crippen molar-refractivity contribution in [2.75, 3.05) is 26.4 Å². The summed E-state index contributed by atoms with van der Waals surface area (Å²) in [6.07, 6.45) is 2.77. The van der Waals surface area contributed by atoms with E-state index < -0.39 is 6.10 Å². The molecule has 3 heterocycles. The molecule has 2 saturated heterocycles. The number of carbonyl (C=O) groups is 2. The second kappa shape index (κ2) is 11.1. The normalized spacial score (nSPS) is 23.6. The number of phenols is 1. The van der Waals surface area contributed by atoms with E-state index in [-0.39, 0.29) is 42.2 Å². The topological polar surface area (TPSA) is 120 Å². The highest BCUT2D eigenvalue weighted by Gasteiger charge is 2.38. The summed E-state index contributed by atoms with van der Waals surface area (Å²) in [5.74, 6) is 0.143. The Morgan fingerprint density at radius 2 is 1.95 bits per heavy atom. The zero-order valence-electron chi connectivity index (χ0n) is 21.1. The van der Waals surface area contributed by atoms with Crippen LogP contribution in [0.4, 0.5) is 0 Å². The van der Waals surface area contributed by atoms with Crippen LogP contribution >= 0.6 is 0 Å². The van der Waals surface area contributed by atoms with Gasteiger partial charge in [0.25, 0.3) is 11.8 Å². The monoisotopic (exact) mass is 509 g/mol. The van der Waals surface area contributed by atoms with Crippen LogP contribution < -0.4 is 15.4 Å². The molecule has 0 aromatic heterocycles. The molecule has 0 radical (unpaired) electrons. The fourth-order valence-electron chi connectivity index (χ4n) is 5.66. The quantitative estimate of drug-likeness (QED) is 0.451. The van der Waals surface area contributed by atoms with Crippen LogP contribution in [0.3, 0.4) is 0 Å². The van der Waals surface area contributed by atoms with E-state index in [1.54, 1.807) is 30.3 Å². The van der Waals surface area contributed by atoms with Crippen LogP contribution in [-0.4, -0.2) is 77.5 Å². The van der Waals surface area contributed by atoms with Crippen LogP contribution in [0.5, 0.6) is 11.5 Å². The van der Waals surface area contributed by atoms with Gasteiger partial charge in [0.05, 0.1) is 43.6 Å². The number of aliphatic hydroxyl groups excluding tert-OH is 1. The maximum atomic E-state index is 13.4. The molecule has 4 N–H and O–H groups in total. The number of aromatic hydroxyl groups is 1. The van der Waals surface area contributed by atoms with Gasteiger partial charge in [-0.25, -0.2) is 0 Å². The fourth-order valence-corrected chi connectivity index (χ4v) is 5.66. The molecule has 2 bridgehead atoms. The minimum atomic E-state index is -0.803. The summed E-state index contributed by atoms with van der Waals surface area (Å²) in [4.78, 5) is 28.4. The first-order chi connectivity index (χ1) is 17.9. The second-order valence-electron chi connectivity index (χ2n) is 10.1. The van der Waals surface area contributed by atoms with Crippen molar-refractivity contribution in [3.05, 3.63) is 58.7 Å². The number of carbonyl (C=O) groups excluding carboxylic acids is 2. The average Bonchev–Trinajstić information content (AvgIpc) is 2.90. The molecular formula is C28H35N3O6. The van der Waals surface area contributed by atoms with E-state index in [2.05, 4.69) is 10.6 Å². The molecule has 37 heavy (non-hydrogen) atoms. The van der Waals surface area contributed by atoms with E-state index in [1.165, 1.54) is 0 Å². The lowest BCUT2D eigenvalue weighted by Crippen LogP contribution is -2.57. The Bertz CT molecular complexity index is 1130. The van der Waals surface area contributed by atoms with E-state index in [4.69, 9.17) is 9.47 Å². The van der Waals surface area contributed by atoms with Crippen molar-refractivity contribution in [2.24, 2.45) is 0 Å². The zero-order chi connectivity index (χ0) is 25.9. The second-order valence-corrected chi connectivity index (χ2v) is 10.1. The van der Waals surface area contributed by atoms with E-state index in [0.717, 1.165) is 30.4 Å². The highest BCUT2D eigenvalue weighted by molar-refractivity contribution is 6.00. The number of benzene rings is 2. The number of phenolic OH excluding ortho intramolecular Hbond substituents is 1. The van der Waals surface area contributed by atoms with Gasteiger partial charge in [-0.05, 0) is 74.1 Å². The molecular weight excluding hydrogens is 474 g/mol. The number of amides is 2. The Balaban J connectivity index is 1.24. The SMILES string of the molecule is CCOc1cc(C(=O)N2C3CCCC2COC3)ccc1C(=O)NCC(O)[C@@H]1Cc2ccc(O)cc2CN1. The fraction of sp³-hybridized carbons (Fsp3) is 0.500. The predicted molar refractivity (Wildman–Crippen MR) is 137 cm³/mol. The lowest BCUT2D eigenvalue weighted by Gasteiger charge is -2.45. The Labute approximate surface area is 216 Å². The molecule has 5 rings (SSSR count). The number of fused-ring (bicyclic) bond motifs is 3. The van der Waals surface area contributed by atoms with Gasteiger partial charge in [-0.1, -0.05) is 6.07 Å². The molecule has 9 heteroatoms. The summed E-state index contributed by atoms with van der Waals surface area (Å²) in [6.45, 7) is 3.91. The first-order valence-corrected chi connectivity index (χ1v) is 13.1. The Kier molecular flexibility index (Phi) is 7.64. The molecule has 2 aromatic rings. The van der Waals surface area contributed by atoms with E-state index in [0.29, 0.717) is 49.7 Å². The molecule has 2 fully saturated rings. The number of ether oxygens (including phenoxy) is 2. The summed E-state index contributed by atoms with van der Waals surface area (Å²) in [5.41, 5.74) is 2.89. The summed E-state index contributed by atoms with van der Waals surface area (Å²) < 4.78 is 11.4. The number of hydrogen-bond acceptors (Lipinski definition) is 7. The number of rotatable bonds is 7. The van der Waals surface area contributed by atoms with Gasteiger partial charge in [-0.2, -0.15) is 0 Å². The average molecular weight is 510 g/mol. The highest BCUT2D eigenvalue weighted by Crippen LogP contribution is 2.30. The van der Waals surface area contributed by atoms with Gasteiger partial charge in [0.1, 0.15) is 11.5 Å². The van der Waals surface area contributed by atoms with Crippen LogP contribution in [0, 0.1) is 0 Å². The third kappa shape index (κ3) is 5.44. The summed E-state index contributed by atoms with van der Waals surface area (Å²) in [5, 5.41) is 26.5. The van der Waals surface area contributed by atoms with E-state index in [9.17, 15) is 19.8 Å². The van der Waals surface area contributed by atoms with Crippen LogP contribution in [-0.2, 0) is 17.7 Å². The molecule has 3 unspecified atom stereocenters. The van der Waals surface area contributed by atoms with Crippen molar-refractivity contribution >= 4 is 11.8 Å². The number of piperidine rings is 1. The first-order valence-electron chi connectivity index (χ1n) is 13.1. The molecule has 3 aliphatic heterocycles. The largest absolute Gasteiger partial charge is 0.508 e. The minimum absolute atomic E-state index is 0.0571. The van der Waals surface area contributed by atoms with Crippen LogP contribution in [0.2, 0.25) is 0 Å². The number of nitrogens with zero attached hydrogens (tertiary/aromatic N) is 1. The van der Waals surface area contributed by atoms with Crippen molar-refractivity contribution in [3.63, 3.8) is 0 Å². The molecule has 0 spiro atoms. The number of hydrogen-bond donors (Lipinski definition) is 4. The molecule has 2 amide bonds. The van der Waals surface area contributed by atoms with Crippen molar-refractivity contribution in [1.29, 1.82) is 0 Å².